The molecule has 7 nitrogen and oxygen atoms in total. The number of nitrogens with one attached hydrogen (secondary N) is 1. The van der Waals surface area contributed by atoms with E-state index in [4.69, 9.17) is 4.74 Å². The molecule has 2 saturated heterocycles. The SMILES string of the molecule is CCn1c2ccccc2c2cc(NC(=O)C(C)N3CCCC(C(=O)N4CCOCC4)C3)ccc21. The number of amides is 2. The van der Waals surface area contributed by atoms with Gasteiger partial charge in [0, 0.05) is 53.7 Å². The number of morpholine rings is 1. The first-order chi connectivity index (χ1) is 16.6. The Morgan fingerprint density at radius 2 is 1.82 bits per heavy atom. The van der Waals surface area contributed by atoms with Gasteiger partial charge in [0.2, 0.25) is 11.8 Å². The van der Waals surface area contributed by atoms with E-state index in [9.17, 15) is 9.59 Å². The van der Waals surface area contributed by atoms with Gasteiger partial charge in [0.15, 0.2) is 0 Å². The van der Waals surface area contributed by atoms with Gasteiger partial charge in [-0.05, 0) is 57.5 Å². The van der Waals surface area contributed by atoms with Crippen LogP contribution in [0.1, 0.15) is 26.7 Å². The van der Waals surface area contributed by atoms with Crippen LogP contribution in [-0.4, -0.2) is 71.6 Å². The smallest absolute Gasteiger partial charge is 0.241 e. The summed E-state index contributed by atoms with van der Waals surface area (Å²) in [6.45, 7) is 9.02. The van der Waals surface area contributed by atoms with E-state index in [1.165, 1.54) is 16.4 Å². The first kappa shape index (κ1) is 22.9. The summed E-state index contributed by atoms with van der Waals surface area (Å²) in [7, 11) is 0. The average Bonchev–Trinajstić information content (AvgIpc) is 3.21. The van der Waals surface area contributed by atoms with Crippen molar-refractivity contribution in [2.75, 3.05) is 44.7 Å². The summed E-state index contributed by atoms with van der Waals surface area (Å²) in [6.07, 6.45) is 1.82. The molecule has 2 aromatic carbocycles. The maximum Gasteiger partial charge on any atom is 0.241 e. The van der Waals surface area contributed by atoms with Gasteiger partial charge in [-0.3, -0.25) is 14.5 Å². The number of nitrogens with zero attached hydrogens (tertiary/aromatic N) is 3. The molecule has 0 saturated carbocycles. The number of hydrogen-bond donors (Lipinski definition) is 1. The van der Waals surface area contributed by atoms with Crippen LogP contribution in [0.4, 0.5) is 5.69 Å². The summed E-state index contributed by atoms with van der Waals surface area (Å²) >= 11 is 0. The topological polar surface area (TPSA) is 66.8 Å². The molecule has 0 radical (unpaired) electrons. The van der Waals surface area contributed by atoms with Crippen LogP contribution in [0, 0.1) is 5.92 Å². The van der Waals surface area contributed by atoms with E-state index in [2.05, 4.69) is 58.1 Å². The molecule has 0 bridgehead atoms. The molecular weight excluding hydrogens is 428 g/mol. The molecule has 0 aliphatic carbocycles. The Kier molecular flexibility index (Phi) is 6.57. The first-order valence-corrected chi connectivity index (χ1v) is 12.5. The number of rotatable bonds is 5. The number of carbonyl (C=O) groups is 2. The molecule has 5 rings (SSSR count). The van der Waals surface area contributed by atoms with Crippen molar-refractivity contribution in [2.45, 2.75) is 39.3 Å². The van der Waals surface area contributed by atoms with Crippen molar-refractivity contribution in [2.24, 2.45) is 5.92 Å². The van der Waals surface area contributed by atoms with Crippen LogP contribution in [0.2, 0.25) is 0 Å². The van der Waals surface area contributed by atoms with Crippen molar-refractivity contribution in [3.8, 4) is 0 Å². The van der Waals surface area contributed by atoms with Gasteiger partial charge in [0.25, 0.3) is 0 Å². The minimum Gasteiger partial charge on any atom is -0.378 e. The Hall–Kier alpha value is -2.90. The van der Waals surface area contributed by atoms with Gasteiger partial charge >= 0.3 is 0 Å². The minimum absolute atomic E-state index is 0.0296. The van der Waals surface area contributed by atoms with Gasteiger partial charge in [-0.2, -0.15) is 0 Å². The van der Waals surface area contributed by atoms with Gasteiger partial charge in [-0.15, -0.1) is 0 Å². The third-order valence-corrected chi connectivity index (χ3v) is 7.41. The van der Waals surface area contributed by atoms with Crippen molar-refractivity contribution >= 4 is 39.3 Å². The molecule has 2 amide bonds. The third-order valence-electron chi connectivity index (χ3n) is 7.41. The molecule has 1 N–H and O–H groups in total. The number of carbonyl (C=O) groups excluding carboxylic acids is 2. The van der Waals surface area contributed by atoms with Gasteiger partial charge < -0.3 is 19.5 Å². The van der Waals surface area contributed by atoms with E-state index in [1.54, 1.807) is 0 Å². The number of benzene rings is 2. The molecular formula is C27H34N4O3. The number of aryl methyl sites for hydroxylation is 1. The zero-order valence-corrected chi connectivity index (χ0v) is 20.1. The summed E-state index contributed by atoms with van der Waals surface area (Å²) in [4.78, 5) is 30.2. The fraction of sp³-hybridized carbons (Fsp3) is 0.481. The summed E-state index contributed by atoms with van der Waals surface area (Å²) in [5.74, 6) is 0.134. The van der Waals surface area contributed by atoms with Crippen molar-refractivity contribution in [1.82, 2.24) is 14.4 Å². The number of fused-ring (bicyclic) bond motifs is 3. The highest BCUT2D eigenvalue weighted by molar-refractivity contribution is 6.10. The fourth-order valence-electron chi connectivity index (χ4n) is 5.49. The van der Waals surface area contributed by atoms with E-state index in [1.807, 2.05) is 17.9 Å². The second-order valence-corrected chi connectivity index (χ2v) is 9.43. The zero-order chi connectivity index (χ0) is 23.7. The Morgan fingerprint density at radius 1 is 1.06 bits per heavy atom. The van der Waals surface area contributed by atoms with Gasteiger partial charge in [0.05, 0.1) is 25.2 Å². The quantitative estimate of drug-likeness (QED) is 0.628. The van der Waals surface area contributed by atoms with Crippen LogP contribution in [0.5, 0.6) is 0 Å². The van der Waals surface area contributed by atoms with Crippen LogP contribution in [0.3, 0.4) is 0 Å². The van der Waals surface area contributed by atoms with Crippen LogP contribution < -0.4 is 5.32 Å². The lowest BCUT2D eigenvalue weighted by Gasteiger charge is -2.38. The van der Waals surface area contributed by atoms with Crippen molar-refractivity contribution in [3.63, 3.8) is 0 Å². The van der Waals surface area contributed by atoms with E-state index >= 15 is 0 Å². The second kappa shape index (κ2) is 9.76. The highest BCUT2D eigenvalue weighted by atomic mass is 16.5. The van der Waals surface area contributed by atoms with Crippen LogP contribution in [-0.2, 0) is 20.9 Å². The number of para-hydroxylation sites is 1. The largest absolute Gasteiger partial charge is 0.378 e. The molecule has 2 unspecified atom stereocenters. The Bertz CT molecular complexity index is 1200. The second-order valence-electron chi connectivity index (χ2n) is 9.43. The number of ether oxygens (including phenoxy) is 1. The molecule has 7 heteroatoms. The van der Waals surface area contributed by atoms with Crippen LogP contribution in [0.25, 0.3) is 21.8 Å². The maximum atomic E-state index is 13.2. The maximum absolute atomic E-state index is 13.2. The van der Waals surface area contributed by atoms with Crippen LogP contribution in [0.15, 0.2) is 42.5 Å². The van der Waals surface area contributed by atoms with Crippen LogP contribution >= 0.6 is 0 Å². The van der Waals surface area contributed by atoms with Crippen molar-refractivity contribution in [3.05, 3.63) is 42.5 Å². The number of likely N-dealkylation sites (tertiary alicyclic amines) is 1. The van der Waals surface area contributed by atoms with Gasteiger partial charge in [-0.1, -0.05) is 18.2 Å². The molecule has 34 heavy (non-hydrogen) atoms. The Morgan fingerprint density at radius 3 is 2.62 bits per heavy atom. The molecule has 3 aromatic rings. The summed E-state index contributed by atoms with van der Waals surface area (Å²) in [6, 6.07) is 14.3. The molecule has 180 valence electrons. The monoisotopic (exact) mass is 462 g/mol. The minimum atomic E-state index is -0.298. The van der Waals surface area contributed by atoms with Gasteiger partial charge in [-0.25, -0.2) is 0 Å². The predicted molar refractivity (Wildman–Crippen MR) is 135 cm³/mol. The number of aromatic nitrogens is 1. The summed E-state index contributed by atoms with van der Waals surface area (Å²) in [5.41, 5.74) is 3.19. The highest BCUT2D eigenvalue weighted by Gasteiger charge is 2.33. The van der Waals surface area contributed by atoms with E-state index in [-0.39, 0.29) is 23.8 Å². The molecule has 2 fully saturated rings. The fourth-order valence-corrected chi connectivity index (χ4v) is 5.49. The molecule has 2 aliphatic rings. The standard InChI is InChI=1S/C27H34N4O3/c1-3-31-24-9-5-4-8-22(24)23-17-21(10-11-25(23)31)28-26(32)19(2)30-12-6-7-20(18-30)27(33)29-13-15-34-16-14-29/h4-5,8-11,17,19-20H,3,6-7,12-16,18H2,1-2H3,(H,28,32). The van der Waals surface area contributed by atoms with Crippen molar-refractivity contribution in [1.29, 1.82) is 0 Å². The molecule has 2 aliphatic heterocycles. The summed E-state index contributed by atoms with van der Waals surface area (Å²) < 4.78 is 7.69. The van der Waals surface area contributed by atoms with E-state index in [0.717, 1.165) is 37.0 Å². The molecule has 1 aromatic heterocycles. The third kappa shape index (κ3) is 4.30. The normalized spacial score (nSPS) is 20.5. The Labute approximate surface area is 200 Å². The van der Waals surface area contributed by atoms with Crippen molar-refractivity contribution < 1.29 is 14.3 Å². The van der Waals surface area contributed by atoms with E-state index in [0.29, 0.717) is 32.8 Å². The lowest BCUT2D eigenvalue weighted by Crippen LogP contribution is -2.52. The lowest BCUT2D eigenvalue weighted by atomic mass is 9.95. The van der Waals surface area contributed by atoms with E-state index < -0.39 is 0 Å². The first-order valence-electron chi connectivity index (χ1n) is 12.5. The molecule has 3 heterocycles. The highest BCUT2D eigenvalue weighted by Crippen LogP contribution is 2.31. The average molecular weight is 463 g/mol. The molecule has 0 spiro atoms. The zero-order valence-electron chi connectivity index (χ0n) is 20.1. The predicted octanol–water partition coefficient (Wildman–Crippen LogP) is 3.71. The number of anilines is 1. The summed E-state index contributed by atoms with van der Waals surface area (Å²) in [5, 5.41) is 5.48. The Balaban J connectivity index is 1.29. The number of hydrogen-bond acceptors (Lipinski definition) is 4. The lowest BCUT2D eigenvalue weighted by molar-refractivity contribution is -0.142. The number of piperidine rings is 1. The van der Waals surface area contributed by atoms with Gasteiger partial charge in [0.1, 0.15) is 0 Å². The molecule has 2 atom stereocenters.